The molecule has 1 saturated heterocycles. The second-order valence-electron chi connectivity index (χ2n) is 7.80. The molecular formula is C18H28ClN5O. The quantitative estimate of drug-likeness (QED) is 0.763. The van der Waals surface area contributed by atoms with Crippen LogP contribution in [-0.2, 0) is 17.8 Å². The number of carbonyl (C=O) groups excluding carboxylic acids is 1. The summed E-state index contributed by atoms with van der Waals surface area (Å²) in [5.74, 6) is 2.26. The molecule has 1 aromatic heterocycles. The highest BCUT2D eigenvalue weighted by molar-refractivity contribution is 6.19. The van der Waals surface area contributed by atoms with Gasteiger partial charge in [0.2, 0.25) is 5.91 Å². The van der Waals surface area contributed by atoms with E-state index in [0.29, 0.717) is 19.0 Å². The van der Waals surface area contributed by atoms with Crippen LogP contribution in [0.25, 0.3) is 0 Å². The normalized spacial score (nSPS) is 19.1. The summed E-state index contributed by atoms with van der Waals surface area (Å²) in [6.45, 7) is 11.0. The molecule has 25 heavy (non-hydrogen) atoms. The fraction of sp³-hybridized carbons (Fsp3) is 0.722. The summed E-state index contributed by atoms with van der Waals surface area (Å²) in [5, 5.41) is 0. The van der Waals surface area contributed by atoms with Crippen LogP contribution < -0.4 is 4.90 Å². The summed E-state index contributed by atoms with van der Waals surface area (Å²) in [5.41, 5.74) is 1.66. The predicted molar refractivity (Wildman–Crippen MR) is 100 cm³/mol. The molecule has 0 aromatic carbocycles. The molecule has 0 atom stereocenters. The Labute approximate surface area is 155 Å². The van der Waals surface area contributed by atoms with Crippen molar-refractivity contribution < 1.29 is 4.79 Å². The van der Waals surface area contributed by atoms with E-state index in [0.717, 1.165) is 55.5 Å². The van der Waals surface area contributed by atoms with Gasteiger partial charge in [0, 0.05) is 50.6 Å². The van der Waals surface area contributed by atoms with E-state index in [1.807, 2.05) is 25.7 Å². The van der Waals surface area contributed by atoms with Crippen molar-refractivity contribution in [3.05, 3.63) is 17.1 Å². The average molecular weight is 366 g/mol. The highest BCUT2D eigenvalue weighted by atomic mass is 35.5. The van der Waals surface area contributed by atoms with Crippen LogP contribution in [0.3, 0.4) is 0 Å². The van der Waals surface area contributed by atoms with Gasteiger partial charge in [-0.05, 0) is 27.8 Å². The van der Waals surface area contributed by atoms with E-state index in [-0.39, 0.29) is 5.91 Å². The van der Waals surface area contributed by atoms with Crippen molar-refractivity contribution in [1.29, 1.82) is 0 Å². The Balaban J connectivity index is 1.89. The number of amides is 1. The van der Waals surface area contributed by atoms with Gasteiger partial charge in [-0.1, -0.05) is 0 Å². The Hall–Kier alpha value is -1.40. The van der Waals surface area contributed by atoms with E-state index in [9.17, 15) is 4.79 Å². The fourth-order valence-corrected chi connectivity index (χ4v) is 3.57. The zero-order valence-electron chi connectivity index (χ0n) is 15.7. The summed E-state index contributed by atoms with van der Waals surface area (Å²) in [6, 6.07) is 0. The summed E-state index contributed by atoms with van der Waals surface area (Å²) in [6.07, 6.45) is 0.781. The number of aromatic nitrogens is 2. The van der Waals surface area contributed by atoms with E-state index < -0.39 is 5.41 Å². The van der Waals surface area contributed by atoms with Crippen LogP contribution in [0.1, 0.15) is 30.9 Å². The molecule has 2 aliphatic rings. The number of halogens is 1. The van der Waals surface area contributed by atoms with Crippen LogP contribution in [0.4, 0.5) is 5.82 Å². The number of anilines is 1. The first-order valence-electron chi connectivity index (χ1n) is 8.97. The van der Waals surface area contributed by atoms with E-state index in [2.05, 4.69) is 21.8 Å². The van der Waals surface area contributed by atoms with Gasteiger partial charge in [0.15, 0.2) is 0 Å². The monoisotopic (exact) mass is 365 g/mol. The fourth-order valence-electron chi connectivity index (χ4n) is 3.46. The largest absolute Gasteiger partial charge is 0.354 e. The highest BCUT2D eigenvalue weighted by Crippen LogP contribution is 2.30. The number of carbonyl (C=O) groups is 1. The van der Waals surface area contributed by atoms with Crippen molar-refractivity contribution in [3.8, 4) is 0 Å². The van der Waals surface area contributed by atoms with Crippen LogP contribution in [0.2, 0.25) is 0 Å². The van der Waals surface area contributed by atoms with Crippen LogP contribution in [0.5, 0.6) is 0 Å². The van der Waals surface area contributed by atoms with E-state index >= 15 is 0 Å². The minimum atomic E-state index is -0.543. The van der Waals surface area contributed by atoms with Crippen molar-refractivity contribution in [1.82, 2.24) is 19.8 Å². The number of rotatable bonds is 3. The van der Waals surface area contributed by atoms with E-state index in [4.69, 9.17) is 16.6 Å². The van der Waals surface area contributed by atoms with Crippen molar-refractivity contribution in [3.63, 3.8) is 0 Å². The van der Waals surface area contributed by atoms with Gasteiger partial charge in [-0.3, -0.25) is 4.79 Å². The lowest BCUT2D eigenvalue weighted by Crippen LogP contribution is -2.47. The molecule has 0 N–H and O–H groups in total. The van der Waals surface area contributed by atoms with Gasteiger partial charge in [-0.2, -0.15) is 0 Å². The molecule has 1 fully saturated rings. The maximum absolute atomic E-state index is 12.8. The minimum absolute atomic E-state index is 0.109. The molecule has 0 saturated carbocycles. The first kappa shape index (κ1) is 18.4. The molecule has 1 aromatic rings. The summed E-state index contributed by atoms with van der Waals surface area (Å²) in [7, 11) is 2.15. The lowest BCUT2D eigenvalue weighted by molar-refractivity contribution is -0.140. The molecule has 0 radical (unpaired) electrons. The molecule has 0 unspecified atom stereocenters. The molecular weight excluding hydrogens is 338 g/mol. The average Bonchev–Trinajstić information content (AvgIpc) is 2.60. The first-order valence-corrected chi connectivity index (χ1v) is 9.50. The van der Waals surface area contributed by atoms with Gasteiger partial charge in [0.25, 0.3) is 0 Å². The number of nitrogens with zero attached hydrogens (tertiary/aromatic N) is 5. The second-order valence-corrected chi connectivity index (χ2v) is 8.07. The van der Waals surface area contributed by atoms with Gasteiger partial charge in [0.1, 0.15) is 11.6 Å². The third kappa shape index (κ3) is 3.75. The van der Waals surface area contributed by atoms with Gasteiger partial charge in [-0.25, -0.2) is 9.97 Å². The Morgan fingerprint density at radius 2 is 1.84 bits per heavy atom. The summed E-state index contributed by atoms with van der Waals surface area (Å²) >= 11 is 6.01. The second kappa shape index (κ2) is 7.08. The SMILES string of the molecule is Cc1nc2c(c(N3CCN(C)CC3)n1)CN(C(=O)C(C)(C)CCl)CC2. The van der Waals surface area contributed by atoms with Crippen LogP contribution in [0, 0.1) is 12.3 Å². The Morgan fingerprint density at radius 1 is 1.16 bits per heavy atom. The summed E-state index contributed by atoms with van der Waals surface area (Å²) < 4.78 is 0. The highest BCUT2D eigenvalue weighted by Gasteiger charge is 2.35. The number of fused-ring (bicyclic) bond motifs is 1. The topological polar surface area (TPSA) is 52.6 Å². The molecule has 7 heteroatoms. The molecule has 0 bridgehead atoms. The zero-order valence-corrected chi connectivity index (χ0v) is 16.4. The third-order valence-electron chi connectivity index (χ3n) is 5.15. The lowest BCUT2D eigenvalue weighted by Gasteiger charge is -2.38. The van der Waals surface area contributed by atoms with Crippen molar-refractivity contribution in [2.24, 2.45) is 5.41 Å². The van der Waals surface area contributed by atoms with Crippen LogP contribution >= 0.6 is 11.6 Å². The predicted octanol–water partition coefficient (Wildman–Crippen LogP) is 1.69. The molecule has 1 amide bonds. The van der Waals surface area contributed by atoms with Crippen LogP contribution in [-0.4, -0.2) is 71.3 Å². The molecule has 3 heterocycles. The molecule has 138 valence electrons. The molecule has 0 spiro atoms. The smallest absolute Gasteiger partial charge is 0.229 e. The number of hydrogen-bond acceptors (Lipinski definition) is 5. The Bertz CT molecular complexity index is 655. The maximum Gasteiger partial charge on any atom is 0.229 e. The van der Waals surface area contributed by atoms with Gasteiger partial charge in [-0.15, -0.1) is 11.6 Å². The van der Waals surface area contributed by atoms with Crippen molar-refractivity contribution in [2.75, 3.05) is 50.6 Å². The number of piperazine rings is 1. The van der Waals surface area contributed by atoms with Crippen molar-refractivity contribution in [2.45, 2.75) is 33.7 Å². The Kier molecular flexibility index (Phi) is 5.21. The number of likely N-dealkylation sites (N-methyl/N-ethyl adjacent to an activating group) is 1. The first-order chi connectivity index (χ1) is 11.8. The lowest BCUT2D eigenvalue weighted by atomic mass is 9.92. The summed E-state index contributed by atoms with van der Waals surface area (Å²) in [4.78, 5) is 28.8. The zero-order chi connectivity index (χ0) is 18.2. The Morgan fingerprint density at radius 3 is 2.48 bits per heavy atom. The van der Waals surface area contributed by atoms with Crippen molar-refractivity contribution >= 4 is 23.3 Å². The standard InChI is InChI=1S/C18H28ClN5O/c1-13-20-15-5-6-24(17(25)18(2,3)12-19)11-14(15)16(21-13)23-9-7-22(4)8-10-23/h5-12H2,1-4H3. The minimum Gasteiger partial charge on any atom is -0.354 e. The van der Waals surface area contributed by atoms with Gasteiger partial charge < -0.3 is 14.7 Å². The van der Waals surface area contributed by atoms with Gasteiger partial charge in [0.05, 0.1) is 17.7 Å². The molecule has 3 rings (SSSR count). The molecule has 0 aliphatic carbocycles. The third-order valence-corrected chi connectivity index (χ3v) is 5.82. The van der Waals surface area contributed by atoms with Gasteiger partial charge >= 0.3 is 0 Å². The van der Waals surface area contributed by atoms with E-state index in [1.54, 1.807) is 0 Å². The number of aryl methyl sites for hydroxylation is 1. The van der Waals surface area contributed by atoms with E-state index in [1.165, 1.54) is 0 Å². The van der Waals surface area contributed by atoms with Crippen LogP contribution in [0.15, 0.2) is 0 Å². The number of alkyl halides is 1. The number of hydrogen-bond donors (Lipinski definition) is 0. The molecule has 6 nitrogen and oxygen atoms in total. The molecule has 2 aliphatic heterocycles. The maximum atomic E-state index is 12.8.